The molecule has 112 valence electrons. The van der Waals surface area contributed by atoms with Gasteiger partial charge in [0.1, 0.15) is 12.4 Å². The maximum absolute atomic E-state index is 13.9. The summed E-state index contributed by atoms with van der Waals surface area (Å²) in [6.07, 6.45) is 0. The summed E-state index contributed by atoms with van der Waals surface area (Å²) in [6.45, 7) is 3.40. The van der Waals surface area contributed by atoms with E-state index in [4.69, 9.17) is 16.3 Å². The van der Waals surface area contributed by atoms with Crippen molar-refractivity contribution < 1.29 is 13.5 Å². The van der Waals surface area contributed by atoms with Crippen LogP contribution >= 0.6 is 11.6 Å². The lowest BCUT2D eigenvalue weighted by Gasteiger charge is -2.13. The van der Waals surface area contributed by atoms with Gasteiger partial charge in [0.2, 0.25) is 0 Å². The van der Waals surface area contributed by atoms with E-state index in [1.165, 1.54) is 18.2 Å². The van der Waals surface area contributed by atoms with Crippen molar-refractivity contribution in [2.75, 3.05) is 6.54 Å². The molecule has 0 aliphatic rings. The number of hydrogen-bond acceptors (Lipinski definition) is 2. The SMILES string of the molecule is CCNCc1cccc(F)c1OCc1ccc(F)c(Cl)c1. The summed E-state index contributed by atoms with van der Waals surface area (Å²) in [7, 11) is 0. The number of hydrogen-bond donors (Lipinski definition) is 1. The van der Waals surface area contributed by atoms with E-state index in [1.54, 1.807) is 18.2 Å². The van der Waals surface area contributed by atoms with Gasteiger partial charge in [0.05, 0.1) is 5.02 Å². The number of para-hydroxylation sites is 1. The lowest BCUT2D eigenvalue weighted by atomic mass is 10.2. The number of benzene rings is 2. The third-order valence-corrected chi connectivity index (χ3v) is 3.27. The van der Waals surface area contributed by atoms with Gasteiger partial charge >= 0.3 is 0 Å². The Morgan fingerprint density at radius 3 is 2.67 bits per heavy atom. The summed E-state index contributed by atoms with van der Waals surface area (Å²) in [5, 5.41) is 3.16. The fourth-order valence-electron chi connectivity index (χ4n) is 1.90. The molecule has 0 saturated heterocycles. The molecule has 0 aliphatic heterocycles. The Morgan fingerprint density at radius 1 is 1.14 bits per heavy atom. The molecule has 0 aliphatic carbocycles. The monoisotopic (exact) mass is 311 g/mol. The van der Waals surface area contributed by atoms with E-state index >= 15 is 0 Å². The molecule has 2 nitrogen and oxygen atoms in total. The minimum Gasteiger partial charge on any atom is -0.485 e. The quantitative estimate of drug-likeness (QED) is 0.858. The lowest BCUT2D eigenvalue weighted by molar-refractivity contribution is 0.286. The molecule has 2 aromatic carbocycles. The van der Waals surface area contributed by atoms with Crippen LogP contribution in [0.3, 0.4) is 0 Å². The Labute approximate surface area is 127 Å². The Morgan fingerprint density at radius 2 is 1.95 bits per heavy atom. The molecule has 0 fully saturated rings. The zero-order valence-corrected chi connectivity index (χ0v) is 12.4. The molecule has 0 amide bonds. The van der Waals surface area contributed by atoms with Crippen LogP contribution in [-0.2, 0) is 13.2 Å². The minimum atomic E-state index is -0.487. The first-order valence-electron chi connectivity index (χ1n) is 6.66. The molecule has 0 radical (unpaired) electrons. The second-order valence-electron chi connectivity index (χ2n) is 4.55. The predicted molar refractivity (Wildman–Crippen MR) is 79.5 cm³/mol. The van der Waals surface area contributed by atoms with Crippen molar-refractivity contribution >= 4 is 11.6 Å². The number of rotatable bonds is 6. The van der Waals surface area contributed by atoms with Crippen molar-refractivity contribution in [1.29, 1.82) is 0 Å². The van der Waals surface area contributed by atoms with Crippen LogP contribution in [-0.4, -0.2) is 6.54 Å². The van der Waals surface area contributed by atoms with Gasteiger partial charge in [-0.05, 0) is 30.3 Å². The van der Waals surface area contributed by atoms with Gasteiger partial charge in [-0.1, -0.05) is 36.7 Å². The van der Waals surface area contributed by atoms with Crippen LogP contribution < -0.4 is 10.1 Å². The molecular weight excluding hydrogens is 296 g/mol. The van der Waals surface area contributed by atoms with E-state index in [0.29, 0.717) is 12.1 Å². The molecule has 0 spiro atoms. The largest absolute Gasteiger partial charge is 0.485 e. The van der Waals surface area contributed by atoms with Crippen LogP contribution in [0.15, 0.2) is 36.4 Å². The number of halogens is 3. The topological polar surface area (TPSA) is 21.3 Å². The Balaban J connectivity index is 2.13. The van der Waals surface area contributed by atoms with E-state index in [0.717, 1.165) is 12.1 Å². The smallest absolute Gasteiger partial charge is 0.165 e. The average Bonchev–Trinajstić information content (AvgIpc) is 2.47. The summed E-state index contributed by atoms with van der Waals surface area (Å²) in [5.74, 6) is -0.698. The molecule has 0 aromatic heterocycles. The zero-order valence-electron chi connectivity index (χ0n) is 11.6. The molecular formula is C16H16ClF2NO. The van der Waals surface area contributed by atoms with Gasteiger partial charge in [0, 0.05) is 12.1 Å². The van der Waals surface area contributed by atoms with Gasteiger partial charge in [0.15, 0.2) is 11.6 Å². The molecule has 2 aromatic rings. The van der Waals surface area contributed by atoms with Gasteiger partial charge in [-0.3, -0.25) is 0 Å². The van der Waals surface area contributed by atoms with Gasteiger partial charge in [-0.15, -0.1) is 0 Å². The van der Waals surface area contributed by atoms with E-state index < -0.39 is 11.6 Å². The highest BCUT2D eigenvalue weighted by Crippen LogP contribution is 2.24. The third kappa shape index (κ3) is 4.16. The number of nitrogens with one attached hydrogen (secondary N) is 1. The van der Waals surface area contributed by atoms with Crippen LogP contribution in [0.2, 0.25) is 5.02 Å². The highest BCUT2D eigenvalue weighted by atomic mass is 35.5. The fourth-order valence-corrected chi connectivity index (χ4v) is 2.10. The maximum atomic E-state index is 13.9. The van der Waals surface area contributed by atoms with Gasteiger partial charge in [-0.25, -0.2) is 8.78 Å². The van der Waals surface area contributed by atoms with Crippen LogP contribution in [0.1, 0.15) is 18.1 Å². The first kappa shape index (κ1) is 15.7. The maximum Gasteiger partial charge on any atom is 0.165 e. The van der Waals surface area contributed by atoms with Crippen molar-refractivity contribution in [3.8, 4) is 5.75 Å². The van der Waals surface area contributed by atoms with Gasteiger partial charge < -0.3 is 10.1 Å². The molecule has 21 heavy (non-hydrogen) atoms. The van der Waals surface area contributed by atoms with Gasteiger partial charge in [-0.2, -0.15) is 0 Å². The first-order chi connectivity index (χ1) is 10.1. The second kappa shape index (κ2) is 7.38. The molecule has 0 unspecified atom stereocenters. The summed E-state index contributed by atoms with van der Waals surface area (Å²) in [5.41, 5.74) is 1.42. The Bertz CT molecular complexity index is 619. The third-order valence-electron chi connectivity index (χ3n) is 2.98. The first-order valence-corrected chi connectivity index (χ1v) is 7.04. The van der Waals surface area contributed by atoms with Crippen molar-refractivity contribution in [2.45, 2.75) is 20.1 Å². The van der Waals surface area contributed by atoms with Crippen molar-refractivity contribution in [1.82, 2.24) is 5.32 Å². The van der Waals surface area contributed by atoms with Crippen LogP contribution in [0.5, 0.6) is 5.75 Å². The van der Waals surface area contributed by atoms with Crippen molar-refractivity contribution in [3.63, 3.8) is 0 Å². The minimum absolute atomic E-state index is 0.0255. The summed E-state index contributed by atoms with van der Waals surface area (Å²) in [6, 6.07) is 9.10. The van der Waals surface area contributed by atoms with E-state index in [1.807, 2.05) is 6.92 Å². The highest BCUT2D eigenvalue weighted by Gasteiger charge is 2.10. The van der Waals surface area contributed by atoms with Crippen LogP contribution in [0.4, 0.5) is 8.78 Å². The van der Waals surface area contributed by atoms with Gasteiger partial charge in [0.25, 0.3) is 0 Å². The zero-order chi connectivity index (χ0) is 15.2. The average molecular weight is 312 g/mol. The molecule has 0 saturated carbocycles. The standard InChI is InChI=1S/C16H16ClF2NO/c1-2-20-9-12-4-3-5-15(19)16(12)21-10-11-6-7-14(18)13(17)8-11/h3-8,20H,2,9-10H2,1H3. The summed E-state index contributed by atoms with van der Waals surface area (Å²) >= 11 is 5.71. The number of ether oxygens (including phenoxy) is 1. The van der Waals surface area contributed by atoms with E-state index in [9.17, 15) is 8.78 Å². The summed E-state index contributed by atoms with van der Waals surface area (Å²) in [4.78, 5) is 0. The molecule has 2 rings (SSSR count). The summed E-state index contributed by atoms with van der Waals surface area (Å²) < 4.78 is 32.5. The Hall–Kier alpha value is -1.65. The molecule has 0 atom stereocenters. The second-order valence-corrected chi connectivity index (χ2v) is 4.95. The van der Waals surface area contributed by atoms with Crippen LogP contribution in [0.25, 0.3) is 0 Å². The Kier molecular flexibility index (Phi) is 5.53. The normalized spacial score (nSPS) is 10.7. The lowest BCUT2D eigenvalue weighted by Crippen LogP contribution is -2.13. The predicted octanol–water partition coefficient (Wildman–Crippen LogP) is 4.31. The fraction of sp³-hybridized carbons (Fsp3) is 0.250. The molecule has 0 heterocycles. The van der Waals surface area contributed by atoms with E-state index in [-0.39, 0.29) is 17.4 Å². The molecule has 0 bridgehead atoms. The van der Waals surface area contributed by atoms with E-state index in [2.05, 4.69) is 5.32 Å². The van der Waals surface area contributed by atoms with Crippen molar-refractivity contribution in [2.24, 2.45) is 0 Å². The van der Waals surface area contributed by atoms with Crippen molar-refractivity contribution in [3.05, 3.63) is 64.2 Å². The highest BCUT2D eigenvalue weighted by molar-refractivity contribution is 6.30. The molecule has 5 heteroatoms. The van der Waals surface area contributed by atoms with Crippen LogP contribution in [0, 0.1) is 11.6 Å². The molecule has 1 N–H and O–H groups in total.